The summed E-state index contributed by atoms with van der Waals surface area (Å²) < 4.78 is 0. The Labute approximate surface area is 109 Å². The molecule has 19 heavy (non-hydrogen) atoms. The number of piperazine rings is 1. The Hall–Kier alpha value is -2.38. The topological polar surface area (TPSA) is 116 Å². The van der Waals surface area contributed by atoms with Crippen LogP contribution in [-0.2, 0) is 14.4 Å². The fourth-order valence-corrected chi connectivity index (χ4v) is 1.58. The molecule has 8 heteroatoms. The van der Waals surface area contributed by atoms with Crippen LogP contribution in [0.2, 0.25) is 0 Å². The molecule has 0 aromatic heterocycles. The van der Waals surface area contributed by atoms with E-state index in [0.717, 1.165) is 4.90 Å². The molecule has 8 nitrogen and oxygen atoms in total. The van der Waals surface area contributed by atoms with Crippen molar-refractivity contribution in [3.05, 3.63) is 12.7 Å². The highest BCUT2D eigenvalue weighted by molar-refractivity contribution is 6.04. The van der Waals surface area contributed by atoms with Crippen LogP contribution in [0.5, 0.6) is 0 Å². The van der Waals surface area contributed by atoms with Gasteiger partial charge < -0.3 is 15.3 Å². The van der Waals surface area contributed by atoms with Crippen LogP contribution in [0.15, 0.2) is 12.7 Å². The minimum absolute atomic E-state index is 0.0451. The number of nitrogens with one attached hydrogen (secondary N) is 2. The van der Waals surface area contributed by atoms with Gasteiger partial charge in [-0.1, -0.05) is 6.08 Å². The van der Waals surface area contributed by atoms with Gasteiger partial charge in [-0.3, -0.25) is 14.9 Å². The second-order valence-electron chi connectivity index (χ2n) is 4.08. The number of hydrogen-bond donors (Lipinski definition) is 3. The molecule has 2 unspecified atom stereocenters. The number of carbonyl (C=O) groups is 4. The maximum absolute atomic E-state index is 11.9. The molecule has 1 aliphatic rings. The molecule has 3 N–H and O–H groups in total. The van der Waals surface area contributed by atoms with E-state index in [1.165, 1.54) is 13.0 Å². The van der Waals surface area contributed by atoms with E-state index >= 15 is 0 Å². The number of carboxylic acid groups (broad SMARTS) is 1. The van der Waals surface area contributed by atoms with Crippen LogP contribution >= 0.6 is 0 Å². The third-order valence-electron chi connectivity index (χ3n) is 2.68. The third-order valence-corrected chi connectivity index (χ3v) is 2.68. The summed E-state index contributed by atoms with van der Waals surface area (Å²) in [6, 6.07) is -2.75. The first kappa shape index (κ1) is 14.7. The number of hydrogen-bond acceptors (Lipinski definition) is 4. The van der Waals surface area contributed by atoms with Gasteiger partial charge in [0.05, 0.1) is 0 Å². The summed E-state index contributed by atoms with van der Waals surface area (Å²) >= 11 is 0. The number of nitrogens with zero attached hydrogens (tertiary/aromatic N) is 1. The minimum atomic E-state index is -1.21. The van der Waals surface area contributed by atoms with Gasteiger partial charge in [0.25, 0.3) is 0 Å². The van der Waals surface area contributed by atoms with Crippen molar-refractivity contribution in [1.29, 1.82) is 0 Å². The van der Waals surface area contributed by atoms with Crippen molar-refractivity contribution in [3.8, 4) is 0 Å². The number of carbonyl (C=O) groups excluding carboxylic acids is 3. The molecule has 104 valence electrons. The average molecular weight is 269 g/mol. The molecule has 1 rings (SSSR count). The van der Waals surface area contributed by atoms with Gasteiger partial charge in [0, 0.05) is 0 Å². The summed E-state index contributed by atoms with van der Waals surface area (Å²) in [7, 11) is 0. The number of rotatable bonds is 4. The van der Waals surface area contributed by atoms with Crippen LogP contribution in [0.3, 0.4) is 0 Å². The van der Waals surface area contributed by atoms with E-state index in [9.17, 15) is 19.2 Å². The smallest absolute Gasteiger partial charge is 0.326 e. The van der Waals surface area contributed by atoms with Crippen LogP contribution < -0.4 is 10.6 Å². The van der Waals surface area contributed by atoms with E-state index in [1.54, 1.807) is 0 Å². The van der Waals surface area contributed by atoms with Gasteiger partial charge in [0.1, 0.15) is 18.6 Å². The van der Waals surface area contributed by atoms with Crippen LogP contribution in [0.25, 0.3) is 0 Å². The molecular formula is C11H15N3O5. The zero-order valence-electron chi connectivity index (χ0n) is 10.4. The minimum Gasteiger partial charge on any atom is -0.480 e. The molecule has 0 saturated carbocycles. The fraction of sp³-hybridized carbons (Fsp3) is 0.455. The molecule has 0 aliphatic carbocycles. The lowest BCUT2D eigenvalue weighted by Gasteiger charge is -2.32. The van der Waals surface area contributed by atoms with E-state index in [4.69, 9.17) is 5.11 Å². The first-order valence-electron chi connectivity index (χ1n) is 5.61. The standard InChI is InChI=1S/C11H15N3O5/c1-3-4-7(10(17)18)12-11(19)14-5-8(15)13-9(16)6(14)2/h3,6-7H,1,4-5H2,2H3,(H,12,19)(H,17,18)(H,13,15,16). The molecule has 0 radical (unpaired) electrons. The van der Waals surface area contributed by atoms with E-state index in [1.807, 2.05) is 0 Å². The van der Waals surface area contributed by atoms with E-state index < -0.39 is 35.9 Å². The van der Waals surface area contributed by atoms with Crippen molar-refractivity contribution in [2.45, 2.75) is 25.4 Å². The third kappa shape index (κ3) is 3.54. The number of amides is 4. The van der Waals surface area contributed by atoms with E-state index in [-0.39, 0.29) is 13.0 Å². The fourth-order valence-electron chi connectivity index (χ4n) is 1.58. The molecular weight excluding hydrogens is 254 g/mol. The Morgan fingerprint density at radius 1 is 1.63 bits per heavy atom. The second-order valence-corrected chi connectivity index (χ2v) is 4.08. The first-order chi connectivity index (χ1) is 8.86. The van der Waals surface area contributed by atoms with Crippen LogP contribution in [-0.4, -0.2) is 52.4 Å². The van der Waals surface area contributed by atoms with Crippen molar-refractivity contribution in [2.24, 2.45) is 0 Å². The molecule has 2 atom stereocenters. The maximum atomic E-state index is 11.9. The Morgan fingerprint density at radius 3 is 2.79 bits per heavy atom. The molecule has 0 spiro atoms. The molecule has 0 aromatic rings. The molecule has 0 aromatic carbocycles. The lowest BCUT2D eigenvalue weighted by molar-refractivity contribution is -0.139. The predicted octanol–water partition coefficient (Wildman–Crippen LogP) is -0.928. The van der Waals surface area contributed by atoms with Crippen LogP contribution in [0.4, 0.5) is 4.79 Å². The zero-order chi connectivity index (χ0) is 14.6. The van der Waals surface area contributed by atoms with Gasteiger partial charge in [-0.2, -0.15) is 0 Å². The Bertz CT molecular complexity index is 434. The summed E-state index contributed by atoms with van der Waals surface area (Å²) in [6.45, 7) is 4.55. The summed E-state index contributed by atoms with van der Waals surface area (Å²) in [5.41, 5.74) is 0. The van der Waals surface area contributed by atoms with Crippen LogP contribution in [0.1, 0.15) is 13.3 Å². The van der Waals surface area contributed by atoms with Crippen molar-refractivity contribution in [2.75, 3.05) is 6.54 Å². The van der Waals surface area contributed by atoms with Gasteiger partial charge in [-0.25, -0.2) is 9.59 Å². The first-order valence-corrected chi connectivity index (χ1v) is 5.61. The van der Waals surface area contributed by atoms with Gasteiger partial charge in [-0.15, -0.1) is 6.58 Å². The van der Waals surface area contributed by atoms with Crippen molar-refractivity contribution in [1.82, 2.24) is 15.5 Å². The molecule has 1 heterocycles. The van der Waals surface area contributed by atoms with Crippen molar-refractivity contribution in [3.63, 3.8) is 0 Å². The monoisotopic (exact) mass is 269 g/mol. The van der Waals surface area contributed by atoms with Gasteiger partial charge in [-0.05, 0) is 13.3 Å². The number of carboxylic acids is 1. The summed E-state index contributed by atoms with van der Waals surface area (Å²) in [4.78, 5) is 46.3. The Balaban J connectivity index is 2.75. The maximum Gasteiger partial charge on any atom is 0.326 e. The van der Waals surface area contributed by atoms with Crippen LogP contribution in [0, 0.1) is 0 Å². The normalized spacial score (nSPS) is 20.5. The number of urea groups is 1. The van der Waals surface area contributed by atoms with Gasteiger partial charge in [0.15, 0.2) is 0 Å². The largest absolute Gasteiger partial charge is 0.480 e. The van der Waals surface area contributed by atoms with E-state index in [0.29, 0.717) is 0 Å². The Kier molecular flexibility index (Phi) is 4.62. The molecule has 1 saturated heterocycles. The molecule has 0 bridgehead atoms. The Morgan fingerprint density at radius 2 is 2.26 bits per heavy atom. The summed E-state index contributed by atoms with van der Waals surface area (Å²) in [5.74, 6) is -2.41. The highest BCUT2D eigenvalue weighted by Gasteiger charge is 2.34. The van der Waals surface area contributed by atoms with Crippen molar-refractivity contribution >= 4 is 23.8 Å². The number of aliphatic carboxylic acids is 1. The van der Waals surface area contributed by atoms with Crippen molar-refractivity contribution < 1.29 is 24.3 Å². The molecule has 1 aliphatic heterocycles. The second kappa shape index (κ2) is 5.98. The predicted molar refractivity (Wildman–Crippen MR) is 64.1 cm³/mol. The lowest BCUT2D eigenvalue weighted by Crippen LogP contribution is -2.61. The number of imide groups is 1. The summed E-state index contributed by atoms with van der Waals surface area (Å²) in [6.07, 6.45) is 1.40. The average Bonchev–Trinajstić information content (AvgIpc) is 2.32. The lowest BCUT2D eigenvalue weighted by atomic mass is 10.2. The van der Waals surface area contributed by atoms with Gasteiger partial charge >= 0.3 is 12.0 Å². The SMILES string of the molecule is C=CCC(NC(=O)N1CC(=O)NC(=O)C1C)C(=O)O. The molecule has 1 fully saturated rings. The van der Waals surface area contributed by atoms with E-state index in [2.05, 4.69) is 17.2 Å². The zero-order valence-corrected chi connectivity index (χ0v) is 10.4. The summed E-state index contributed by atoms with van der Waals surface area (Å²) in [5, 5.41) is 13.2. The molecule has 4 amide bonds. The highest BCUT2D eigenvalue weighted by Crippen LogP contribution is 2.06. The van der Waals surface area contributed by atoms with Gasteiger partial charge in [0.2, 0.25) is 11.8 Å². The quantitative estimate of drug-likeness (QED) is 0.450. The highest BCUT2D eigenvalue weighted by atomic mass is 16.4.